The second-order valence-electron chi connectivity index (χ2n) is 5.24. The summed E-state index contributed by atoms with van der Waals surface area (Å²) in [5, 5.41) is 10.0. The molecule has 1 aromatic carbocycles. The van der Waals surface area contributed by atoms with Crippen molar-refractivity contribution in [1.29, 1.82) is 0 Å². The predicted octanol–water partition coefficient (Wildman–Crippen LogP) is 1.04. The number of nitrogens with one attached hydrogen (secondary N) is 1. The van der Waals surface area contributed by atoms with Crippen LogP contribution < -0.4 is 16.7 Å². The van der Waals surface area contributed by atoms with Crippen LogP contribution in [0.5, 0.6) is 0 Å². The number of hydrogen-bond donors (Lipinski definition) is 2. The van der Waals surface area contributed by atoms with E-state index >= 15 is 0 Å². The predicted molar refractivity (Wildman–Crippen MR) is 97.4 cm³/mol. The molecule has 3 N–H and O–H groups in total. The SMILES string of the molecule is CCCCOC(=O)c1ccc(NC(=O)CSc2nncc(=O)n2N)cc1. The molecule has 9 nitrogen and oxygen atoms in total. The molecule has 138 valence electrons. The van der Waals surface area contributed by atoms with Crippen LogP contribution in [0.3, 0.4) is 0 Å². The maximum atomic E-state index is 12.0. The monoisotopic (exact) mass is 377 g/mol. The lowest BCUT2D eigenvalue weighted by atomic mass is 10.2. The van der Waals surface area contributed by atoms with E-state index in [1.54, 1.807) is 24.3 Å². The van der Waals surface area contributed by atoms with Crippen molar-refractivity contribution in [1.82, 2.24) is 14.9 Å². The number of unbranched alkanes of at least 4 members (excludes halogenated alkanes) is 1. The van der Waals surface area contributed by atoms with Gasteiger partial charge in [0.15, 0.2) is 0 Å². The van der Waals surface area contributed by atoms with Crippen LogP contribution in [0.15, 0.2) is 40.4 Å². The number of hydrogen-bond acceptors (Lipinski definition) is 8. The average Bonchev–Trinajstić information content (AvgIpc) is 2.63. The first-order valence-electron chi connectivity index (χ1n) is 7.91. The van der Waals surface area contributed by atoms with Gasteiger partial charge in [-0.25, -0.2) is 4.79 Å². The number of thioether (sulfide) groups is 1. The summed E-state index contributed by atoms with van der Waals surface area (Å²) in [4.78, 5) is 35.1. The Morgan fingerprint density at radius 2 is 2.04 bits per heavy atom. The molecule has 10 heteroatoms. The van der Waals surface area contributed by atoms with Crippen molar-refractivity contribution < 1.29 is 14.3 Å². The zero-order chi connectivity index (χ0) is 18.9. The third kappa shape index (κ3) is 5.59. The van der Waals surface area contributed by atoms with E-state index in [0.29, 0.717) is 17.9 Å². The van der Waals surface area contributed by atoms with Crippen LogP contribution in [0.4, 0.5) is 5.69 Å². The van der Waals surface area contributed by atoms with Crippen LogP contribution in [0.25, 0.3) is 0 Å². The van der Waals surface area contributed by atoms with E-state index in [-0.39, 0.29) is 16.8 Å². The number of esters is 1. The standard InChI is InChI=1S/C16H19N5O4S/c1-2-3-8-25-15(24)11-4-6-12(7-5-11)19-13(22)10-26-16-20-18-9-14(23)21(16)17/h4-7,9H,2-3,8,10,17H2,1H3,(H,19,22). The number of carbonyl (C=O) groups excluding carboxylic acids is 2. The molecule has 26 heavy (non-hydrogen) atoms. The molecule has 0 saturated heterocycles. The first-order chi connectivity index (χ1) is 12.5. The van der Waals surface area contributed by atoms with Gasteiger partial charge in [0.25, 0.3) is 5.56 Å². The maximum absolute atomic E-state index is 12.0. The van der Waals surface area contributed by atoms with Crippen LogP contribution in [0.2, 0.25) is 0 Å². The molecule has 0 fully saturated rings. The second kappa shape index (κ2) is 9.56. The second-order valence-corrected chi connectivity index (χ2v) is 6.18. The Labute approximate surface area is 153 Å². The van der Waals surface area contributed by atoms with Gasteiger partial charge < -0.3 is 15.9 Å². The highest BCUT2D eigenvalue weighted by Crippen LogP contribution is 2.14. The summed E-state index contributed by atoms with van der Waals surface area (Å²) >= 11 is 0.986. The summed E-state index contributed by atoms with van der Waals surface area (Å²) in [7, 11) is 0. The number of nitrogens with zero attached hydrogens (tertiary/aromatic N) is 3. The van der Waals surface area contributed by atoms with E-state index in [0.717, 1.165) is 35.5 Å². The van der Waals surface area contributed by atoms with Crippen LogP contribution in [0.1, 0.15) is 30.1 Å². The summed E-state index contributed by atoms with van der Waals surface area (Å²) in [6, 6.07) is 6.38. The van der Waals surface area contributed by atoms with E-state index < -0.39 is 11.5 Å². The lowest BCUT2D eigenvalue weighted by Gasteiger charge is -2.07. The maximum Gasteiger partial charge on any atom is 0.338 e. The number of nitrogens with two attached hydrogens (primary N) is 1. The van der Waals surface area contributed by atoms with Gasteiger partial charge in [0, 0.05) is 5.69 Å². The number of benzene rings is 1. The highest BCUT2D eigenvalue weighted by Gasteiger charge is 2.10. The summed E-state index contributed by atoms with van der Waals surface area (Å²) in [6.07, 6.45) is 2.75. The minimum Gasteiger partial charge on any atom is -0.462 e. The number of carbonyl (C=O) groups is 2. The van der Waals surface area contributed by atoms with Crippen LogP contribution in [0, 0.1) is 0 Å². The lowest BCUT2D eigenvalue weighted by Crippen LogP contribution is -2.30. The van der Waals surface area contributed by atoms with Crippen LogP contribution in [-0.4, -0.2) is 39.1 Å². The molecule has 2 aromatic rings. The minimum atomic E-state index is -0.510. The minimum absolute atomic E-state index is 0.00383. The number of ether oxygens (including phenoxy) is 1. The van der Waals surface area contributed by atoms with Gasteiger partial charge in [-0.3, -0.25) is 9.59 Å². The fourth-order valence-corrected chi connectivity index (χ4v) is 2.51. The van der Waals surface area contributed by atoms with Gasteiger partial charge in [-0.1, -0.05) is 25.1 Å². The van der Waals surface area contributed by atoms with Crippen molar-refractivity contribution in [3.8, 4) is 0 Å². The van der Waals surface area contributed by atoms with E-state index in [2.05, 4.69) is 15.5 Å². The van der Waals surface area contributed by atoms with Gasteiger partial charge in [0.1, 0.15) is 6.20 Å². The van der Waals surface area contributed by atoms with Crippen molar-refractivity contribution in [2.45, 2.75) is 24.9 Å². The number of anilines is 1. The molecule has 0 atom stereocenters. The molecule has 0 aliphatic carbocycles. The van der Waals surface area contributed by atoms with E-state index in [1.165, 1.54) is 0 Å². The normalized spacial score (nSPS) is 10.3. The molecule has 0 radical (unpaired) electrons. The molecule has 0 aliphatic rings. The highest BCUT2D eigenvalue weighted by atomic mass is 32.2. The van der Waals surface area contributed by atoms with Crippen molar-refractivity contribution in [3.63, 3.8) is 0 Å². The molecule has 0 saturated carbocycles. The summed E-state index contributed by atoms with van der Waals surface area (Å²) < 4.78 is 5.94. The molecule has 1 aromatic heterocycles. The van der Waals surface area contributed by atoms with Gasteiger partial charge in [0.05, 0.1) is 17.9 Å². The zero-order valence-corrected chi connectivity index (χ0v) is 15.0. The van der Waals surface area contributed by atoms with Gasteiger partial charge in [-0.2, -0.15) is 9.77 Å². The Hall–Kier alpha value is -2.88. The van der Waals surface area contributed by atoms with Gasteiger partial charge in [0.2, 0.25) is 11.1 Å². The molecule has 1 amide bonds. The summed E-state index contributed by atoms with van der Waals surface area (Å²) in [5.41, 5.74) is 0.439. The van der Waals surface area contributed by atoms with E-state index in [4.69, 9.17) is 10.6 Å². The van der Waals surface area contributed by atoms with Crippen molar-refractivity contribution in [2.75, 3.05) is 23.5 Å². The van der Waals surface area contributed by atoms with E-state index in [9.17, 15) is 14.4 Å². The summed E-state index contributed by atoms with van der Waals surface area (Å²) in [5.74, 6) is 4.80. The molecular formula is C16H19N5O4S. The number of rotatable bonds is 8. The number of nitrogen functional groups attached to an aromatic ring is 1. The Morgan fingerprint density at radius 1 is 1.31 bits per heavy atom. The van der Waals surface area contributed by atoms with Crippen LogP contribution in [-0.2, 0) is 9.53 Å². The van der Waals surface area contributed by atoms with Crippen molar-refractivity contribution in [2.24, 2.45) is 0 Å². The Morgan fingerprint density at radius 3 is 2.73 bits per heavy atom. The molecule has 0 aliphatic heterocycles. The molecule has 1 heterocycles. The summed E-state index contributed by atoms with van der Waals surface area (Å²) in [6.45, 7) is 2.40. The number of amides is 1. The first kappa shape index (κ1) is 19.4. The fourth-order valence-electron chi connectivity index (χ4n) is 1.84. The largest absolute Gasteiger partial charge is 0.462 e. The topological polar surface area (TPSA) is 129 Å². The third-order valence-electron chi connectivity index (χ3n) is 3.22. The smallest absolute Gasteiger partial charge is 0.338 e. The molecular weight excluding hydrogens is 358 g/mol. The lowest BCUT2D eigenvalue weighted by molar-refractivity contribution is -0.113. The molecule has 2 rings (SSSR count). The average molecular weight is 377 g/mol. The Kier molecular flexibility index (Phi) is 7.15. The Balaban J connectivity index is 1.86. The van der Waals surface area contributed by atoms with Gasteiger partial charge in [-0.15, -0.1) is 5.10 Å². The highest BCUT2D eigenvalue weighted by molar-refractivity contribution is 7.99. The zero-order valence-electron chi connectivity index (χ0n) is 14.2. The van der Waals surface area contributed by atoms with E-state index in [1.807, 2.05) is 6.92 Å². The molecule has 0 spiro atoms. The Bertz CT molecular complexity index is 822. The van der Waals surface area contributed by atoms with Crippen LogP contribution >= 0.6 is 11.8 Å². The fraction of sp³-hybridized carbons (Fsp3) is 0.312. The van der Waals surface area contributed by atoms with Gasteiger partial charge in [-0.05, 0) is 30.7 Å². The quantitative estimate of drug-likeness (QED) is 0.302. The molecule has 0 bridgehead atoms. The van der Waals surface area contributed by atoms with Gasteiger partial charge >= 0.3 is 5.97 Å². The first-order valence-corrected chi connectivity index (χ1v) is 8.89. The molecule has 0 unspecified atom stereocenters. The number of aromatic nitrogens is 3. The third-order valence-corrected chi connectivity index (χ3v) is 4.17. The van der Waals surface area contributed by atoms with Crippen molar-refractivity contribution in [3.05, 3.63) is 46.4 Å². The van der Waals surface area contributed by atoms with Crippen molar-refractivity contribution >= 4 is 29.3 Å².